The molecule has 0 spiro atoms. The summed E-state index contributed by atoms with van der Waals surface area (Å²) in [7, 11) is 0. The normalized spacial score (nSPS) is 20.0. The molecule has 3 heterocycles. The molecule has 7 heteroatoms. The quantitative estimate of drug-likeness (QED) is 0.752. The first-order chi connectivity index (χ1) is 13.2. The van der Waals surface area contributed by atoms with Crippen LogP contribution < -0.4 is 0 Å². The Hall–Kier alpha value is -2.51. The molecule has 2 atom stereocenters. The number of amides is 1. The van der Waals surface area contributed by atoms with Gasteiger partial charge in [0.1, 0.15) is 0 Å². The lowest BCUT2D eigenvalue weighted by molar-refractivity contribution is 0.0477. The number of nitrogens with zero attached hydrogens (tertiary/aromatic N) is 4. The molecule has 1 N–H and O–H groups in total. The van der Waals surface area contributed by atoms with Gasteiger partial charge in [-0.25, -0.2) is 9.67 Å². The summed E-state index contributed by atoms with van der Waals surface area (Å²) >= 11 is 1.57. The molecule has 3 aromatic rings. The molecule has 6 nitrogen and oxygen atoms in total. The molecule has 1 saturated heterocycles. The molecule has 1 aliphatic heterocycles. The summed E-state index contributed by atoms with van der Waals surface area (Å²) in [5.74, 6) is 0.821. The van der Waals surface area contributed by atoms with Gasteiger partial charge < -0.3 is 10.0 Å². The number of aliphatic hydroxyl groups excluding tert-OH is 1. The van der Waals surface area contributed by atoms with Gasteiger partial charge in [0.15, 0.2) is 5.82 Å². The highest BCUT2D eigenvalue weighted by Gasteiger charge is 2.32. The Morgan fingerprint density at radius 2 is 2.04 bits per heavy atom. The fraction of sp³-hybridized carbons (Fsp3) is 0.350. The largest absolute Gasteiger partial charge is 0.396 e. The van der Waals surface area contributed by atoms with Crippen molar-refractivity contribution < 1.29 is 9.90 Å². The van der Waals surface area contributed by atoms with Gasteiger partial charge in [-0.2, -0.15) is 0 Å². The zero-order valence-electron chi connectivity index (χ0n) is 15.2. The van der Waals surface area contributed by atoms with Crippen molar-refractivity contribution in [2.45, 2.75) is 25.8 Å². The highest BCUT2D eigenvalue weighted by molar-refractivity contribution is 7.13. The van der Waals surface area contributed by atoms with E-state index in [-0.39, 0.29) is 30.3 Å². The van der Waals surface area contributed by atoms with Crippen LogP contribution in [0.4, 0.5) is 0 Å². The van der Waals surface area contributed by atoms with Crippen LogP contribution in [-0.4, -0.2) is 49.9 Å². The van der Waals surface area contributed by atoms with Gasteiger partial charge in [0.05, 0.1) is 10.6 Å². The van der Waals surface area contributed by atoms with Gasteiger partial charge >= 0.3 is 0 Å². The van der Waals surface area contributed by atoms with E-state index in [0.717, 1.165) is 23.4 Å². The van der Waals surface area contributed by atoms with Crippen LogP contribution in [0, 0.1) is 5.92 Å². The van der Waals surface area contributed by atoms with Gasteiger partial charge in [-0.15, -0.1) is 16.4 Å². The van der Waals surface area contributed by atoms with Crippen LogP contribution in [0.3, 0.4) is 0 Å². The van der Waals surface area contributed by atoms with E-state index in [2.05, 4.69) is 10.1 Å². The van der Waals surface area contributed by atoms with Crippen molar-refractivity contribution in [3.05, 3.63) is 53.7 Å². The Morgan fingerprint density at radius 3 is 2.74 bits per heavy atom. The third-order valence-corrected chi connectivity index (χ3v) is 5.91. The van der Waals surface area contributed by atoms with Gasteiger partial charge in [-0.1, -0.05) is 24.3 Å². The molecular formula is C20H22N4O2S. The molecule has 2 aromatic heterocycles. The monoisotopic (exact) mass is 382 g/mol. The molecule has 0 unspecified atom stereocenters. The van der Waals surface area contributed by atoms with Crippen molar-refractivity contribution in [3.8, 4) is 16.4 Å². The molecule has 1 aliphatic rings. The summed E-state index contributed by atoms with van der Waals surface area (Å²) in [6.07, 6.45) is 1.82. The summed E-state index contributed by atoms with van der Waals surface area (Å²) < 4.78 is 1.73. The minimum absolute atomic E-state index is 0.100. The SMILES string of the molecule is C[C@H]1CC[C@H](CO)CN1C(=O)c1nc(-c2cccs2)n(-c2ccccc2)n1. The van der Waals surface area contributed by atoms with E-state index < -0.39 is 0 Å². The number of piperidine rings is 1. The van der Waals surface area contributed by atoms with Gasteiger partial charge in [-0.3, -0.25) is 4.79 Å². The standard InChI is InChI=1S/C20H22N4O2S/c1-14-9-10-15(13-25)12-23(14)20(26)18-21-19(17-8-5-11-27-17)24(22-18)16-6-3-2-4-7-16/h2-8,11,14-15,25H,9-10,12-13H2,1H3/t14-,15-/m0/s1. The second-order valence-electron chi connectivity index (χ2n) is 6.92. The maximum absolute atomic E-state index is 13.1. The number of carbonyl (C=O) groups is 1. The smallest absolute Gasteiger partial charge is 0.293 e. The Morgan fingerprint density at radius 1 is 1.22 bits per heavy atom. The van der Waals surface area contributed by atoms with Crippen molar-refractivity contribution >= 4 is 17.2 Å². The number of benzene rings is 1. The van der Waals surface area contributed by atoms with Crippen LogP contribution in [-0.2, 0) is 0 Å². The summed E-state index contributed by atoms with van der Waals surface area (Å²) in [6, 6.07) is 13.8. The van der Waals surface area contributed by atoms with E-state index >= 15 is 0 Å². The Bertz CT molecular complexity index is 907. The average molecular weight is 382 g/mol. The highest BCUT2D eigenvalue weighted by atomic mass is 32.1. The Balaban J connectivity index is 1.72. The van der Waals surface area contributed by atoms with Crippen LogP contribution in [0.1, 0.15) is 30.4 Å². The zero-order valence-corrected chi connectivity index (χ0v) is 16.0. The molecule has 0 aliphatic carbocycles. The van der Waals surface area contributed by atoms with E-state index in [9.17, 15) is 9.90 Å². The maximum Gasteiger partial charge on any atom is 0.293 e. The van der Waals surface area contributed by atoms with Crippen LogP contribution in [0.2, 0.25) is 0 Å². The maximum atomic E-state index is 13.1. The fourth-order valence-electron chi connectivity index (χ4n) is 3.46. The first-order valence-electron chi connectivity index (χ1n) is 9.15. The molecule has 1 fully saturated rings. The number of para-hydroxylation sites is 1. The van der Waals surface area contributed by atoms with Gasteiger partial charge in [0, 0.05) is 19.2 Å². The number of rotatable bonds is 4. The van der Waals surface area contributed by atoms with Crippen LogP contribution in [0.15, 0.2) is 47.8 Å². The van der Waals surface area contributed by atoms with Crippen LogP contribution >= 0.6 is 11.3 Å². The zero-order chi connectivity index (χ0) is 18.8. The van der Waals surface area contributed by atoms with Crippen LogP contribution in [0.25, 0.3) is 16.4 Å². The number of hydrogen-bond acceptors (Lipinski definition) is 5. The van der Waals surface area contributed by atoms with Gasteiger partial charge in [0.25, 0.3) is 5.91 Å². The van der Waals surface area contributed by atoms with E-state index in [1.807, 2.05) is 54.8 Å². The predicted molar refractivity (Wildman–Crippen MR) is 105 cm³/mol. The topological polar surface area (TPSA) is 71.2 Å². The van der Waals surface area contributed by atoms with Gasteiger partial charge in [-0.05, 0) is 49.3 Å². The van der Waals surface area contributed by atoms with E-state index in [4.69, 9.17) is 0 Å². The molecular weight excluding hydrogens is 360 g/mol. The Kier molecular flexibility index (Phi) is 5.05. The number of aliphatic hydroxyl groups is 1. The highest BCUT2D eigenvalue weighted by Crippen LogP contribution is 2.27. The predicted octanol–water partition coefficient (Wildman–Crippen LogP) is 3.23. The second-order valence-corrected chi connectivity index (χ2v) is 7.86. The minimum atomic E-state index is -0.173. The van der Waals surface area contributed by atoms with E-state index in [1.165, 1.54) is 0 Å². The third kappa shape index (κ3) is 3.52. The average Bonchev–Trinajstić information content (AvgIpc) is 3.38. The second kappa shape index (κ2) is 7.62. The lowest BCUT2D eigenvalue weighted by atomic mass is 9.94. The molecule has 1 aromatic carbocycles. The molecule has 4 rings (SSSR count). The summed E-state index contributed by atoms with van der Waals surface area (Å²) in [6.45, 7) is 2.69. The molecule has 0 saturated carbocycles. The lowest BCUT2D eigenvalue weighted by Gasteiger charge is -2.36. The number of hydrogen-bond donors (Lipinski definition) is 1. The summed E-state index contributed by atoms with van der Waals surface area (Å²) in [5.41, 5.74) is 0.868. The first-order valence-corrected chi connectivity index (χ1v) is 10.0. The molecule has 27 heavy (non-hydrogen) atoms. The van der Waals surface area contributed by atoms with Crippen molar-refractivity contribution in [1.29, 1.82) is 0 Å². The van der Waals surface area contributed by atoms with E-state index in [1.54, 1.807) is 20.9 Å². The number of likely N-dealkylation sites (tertiary alicyclic amines) is 1. The summed E-state index contributed by atoms with van der Waals surface area (Å²) in [5, 5.41) is 16.0. The summed E-state index contributed by atoms with van der Waals surface area (Å²) in [4.78, 5) is 20.5. The van der Waals surface area contributed by atoms with Crippen molar-refractivity contribution in [3.63, 3.8) is 0 Å². The minimum Gasteiger partial charge on any atom is -0.396 e. The van der Waals surface area contributed by atoms with E-state index in [0.29, 0.717) is 12.4 Å². The van der Waals surface area contributed by atoms with Crippen molar-refractivity contribution in [1.82, 2.24) is 19.7 Å². The number of carbonyl (C=O) groups excluding carboxylic acids is 1. The fourth-order valence-corrected chi connectivity index (χ4v) is 4.16. The molecule has 140 valence electrons. The number of aromatic nitrogens is 3. The van der Waals surface area contributed by atoms with Crippen molar-refractivity contribution in [2.75, 3.05) is 13.2 Å². The first kappa shape index (κ1) is 17.9. The van der Waals surface area contributed by atoms with Gasteiger partial charge in [0.2, 0.25) is 5.82 Å². The molecule has 1 amide bonds. The van der Waals surface area contributed by atoms with Crippen LogP contribution in [0.5, 0.6) is 0 Å². The number of thiophene rings is 1. The molecule has 0 bridgehead atoms. The van der Waals surface area contributed by atoms with Crippen molar-refractivity contribution in [2.24, 2.45) is 5.92 Å². The molecule has 0 radical (unpaired) electrons. The third-order valence-electron chi connectivity index (χ3n) is 5.04. The lowest BCUT2D eigenvalue weighted by Crippen LogP contribution is -2.46. The Labute approximate surface area is 162 Å².